The number of aryl methyl sites for hydroxylation is 4. The van der Waals surface area contributed by atoms with E-state index >= 15 is 0 Å². The second kappa shape index (κ2) is 27.4. The van der Waals surface area contributed by atoms with Gasteiger partial charge in [-0.25, -0.2) is 34.2 Å². The van der Waals surface area contributed by atoms with E-state index in [1.807, 2.05) is 39.3 Å². The predicted octanol–water partition coefficient (Wildman–Crippen LogP) is 11.8. The van der Waals surface area contributed by atoms with Crippen molar-refractivity contribution in [3.63, 3.8) is 0 Å². The number of hydrogen-bond donors (Lipinski definition) is 4. The van der Waals surface area contributed by atoms with Crippen LogP contribution in [0.15, 0.2) is 59.4 Å². The lowest BCUT2D eigenvalue weighted by atomic mass is 10.1. The largest absolute Gasteiger partial charge is 0.439 e. The number of nitrogens with zero attached hydrogens (tertiary/aromatic N) is 8. The normalized spacial score (nSPS) is 10.8. The van der Waals surface area contributed by atoms with Gasteiger partial charge in [0.1, 0.15) is 23.1 Å². The van der Waals surface area contributed by atoms with Crippen LogP contribution in [-0.4, -0.2) is 63.1 Å². The second-order valence-electron chi connectivity index (χ2n) is 15.8. The first-order chi connectivity index (χ1) is 34.9. The molecule has 0 radical (unpaired) electrons. The van der Waals surface area contributed by atoms with Crippen molar-refractivity contribution >= 4 is 81.5 Å². The fourth-order valence-corrected chi connectivity index (χ4v) is 8.90. The molecule has 0 atom stereocenters. The van der Waals surface area contributed by atoms with Gasteiger partial charge < -0.3 is 19.5 Å². The molecule has 73 heavy (non-hydrogen) atoms. The van der Waals surface area contributed by atoms with E-state index in [0.717, 1.165) is 59.8 Å². The minimum atomic E-state index is -0.514. The predicted molar refractivity (Wildman–Crippen MR) is 287 cm³/mol. The lowest BCUT2D eigenvalue weighted by molar-refractivity contribution is -0.121. The number of H-pyrrole nitrogens is 1. The summed E-state index contributed by atoms with van der Waals surface area (Å²) in [4.78, 5) is 34.8. The van der Waals surface area contributed by atoms with Crippen LogP contribution in [0.2, 0.25) is 30.1 Å². The van der Waals surface area contributed by atoms with Crippen LogP contribution in [0.1, 0.15) is 88.1 Å². The standard InChI is InChI=1S/C17H21Cl2N5O3.C17H19Cl2N5O2.C15H18Cl2N2O/c1-4-13-14(9-15(25)21-22-17(26)20-3)23-24(5-2)16(13)27-12-7-10(18)6-11(19)8-12;1-4-13-14(9-15-20-21-17(25)23(15)3)22-24(5-2)16(13)26-12-7-10(18)6-11(19)8-12;1-4-13-14(5-2)18-19(6-3)15(13)20-12-8-10(16)7-11(17)9-12/h6-8H,4-5,9H2,1-3H3,(H,21,25)(H2,20,22,26);6-8H,4-5,9H2,1-3H3,(H,21,25);7-9H,4-6H2,1-3H3. The molecule has 0 bridgehead atoms. The molecular weight excluding hydrogens is 1070 g/mol. The molecule has 0 aliphatic rings. The monoisotopic (exact) mass is 1120 g/mol. The van der Waals surface area contributed by atoms with Crippen LogP contribution in [0, 0.1) is 0 Å². The summed E-state index contributed by atoms with van der Waals surface area (Å²) in [6.45, 7) is 16.1. The third kappa shape index (κ3) is 15.6. The lowest BCUT2D eigenvalue weighted by Crippen LogP contribution is -2.46. The lowest BCUT2D eigenvalue weighted by Gasteiger charge is -2.10. The van der Waals surface area contributed by atoms with Gasteiger partial charge in [-0.2, -0.15) is 20.4 Å². The molecule has 0 saturated heterocycles. The van der Waals surface area contributed by atoms with Crippen molar-refractivity contribution in [1.29, 1.82) is 0 Å². The Labute approximate surface area is 453 Å². The number of rotatable bonds is 17. The first kappa shape index (κ1) is 58.0. The quantitative estimate of drug-likeness (QED) is 0.0636. The maximum absolute atomic E-state index is 12.1. The summed E-state index contributed by atoms with van der Waals surface area (Å²) in [5, 5.41) is 25.6. The molecule has 3 amide bonds. The minimum Gasteiger partial charge on any atom is -0.439 e. The Morgan fingerprint density at radius 1 is 0.548 bits per heavy atom. The average Bonchev–Trinajstić information content (AvgIpc) is 4.07. The smallest absolute Gasteiger partial charge is 0.343 e. The summed E-state index contributed by atoms with van der Waals surface area (Å²) >= 11 is 36.2. The number of hydrazine groups is 1. The summed E-state index contributed by atoms with van der Waals surface area (Å²) < 4.78 is 24.9. The Balaban J connectivity index is 0.000000205. The summed E-state index contributed by atoms with van der Waals surface area (Å²) in [5.74, 6) is 3.83. The van der Waals surface area contributed by atoms with Crippen molar-refractivity contribution in [3.05, 3.63) is 135 Å². The molecule has 4 N–H and O–H groups in total. The Kier molecular flexibility index (Phi) is 21.8. The van der Waals surface area contributed by atoms with Crippen LogP contribution in [0.25, 0.3) is 0 Å². The van der Waals surface area contributed by atoms with Gasteiger partial charge in [0.15, 0.2) is 0 Å². The number of urea groups is 1. The number of halogens is 6. The summed E-state index contributed by atoms with van der Waals surface area (Å²) in [6, 6.07) is 14.7. The fourth-order valence-electron chi connectivity index (χ4n) is 7.38. The molecule has 7 aromatic rings. The van der Waals surface area contributed by atoms with Gasteiger partial charge >= 0.3 is 11.7 Å². The Hall–Kier alpha value is -5.89. The van der Waals surface area contributed by atoms with Crippen LogP contribution >= 0.6 is 69.6 Å². The van der Waals surface area contributed by atoms with Gasteiger partial charge in [0, 0.05) is 80.6 Å². The highest BCUT2D eigenvalue weighted by atomic mass is 35.5. The Morgan fingerprint density at radius 3 is 1.26 bits per heavy atom. The molecule has 0 fully saturated rings. The molecule has 7 rings (SSSR count). The van der Waals surface area contributed by atoms with E-state index in [0.29, 0.717) is 96.6 Å². The fraction of sp³-hybridized carbons (Fsp3) is 0.367. The third-order valence-corrected chi connectivity index (χ3v) is 12.2. The number of benzene rings is 3. The number of ether oxygens (including phenoxy) is 3. The topological polar surface area (TPSA) is 202 Å². The third-order valence-electron chi connectivity index (χ3n) is 10.9. The van der Waals surface area contributed by atoms with E-state index in [9.17, 15) is 14.4 Å². The van der Waals surface area contributed by atoms with E-state index in [2.05, 4.69) is 55.5 Å². The first-order valence-electron chi connectivity index (χ1n) is 23.4. The van der Waals surface area contributed by atoms with Crippen molar-refractivity contribution in [1.82, 2.24) is 60.3 Å². The Morgan fingerprint density at radius 2 is 0.918 bits per heavy atom. The molecule has 0 aliphatic heterocycles. The zero-order valence-electron chi connectivity index (χ0n) is 41.9. The molecule has 0 saturated carbocycles. The molecular formula is C49H58Cl6N12O6. The van der Waals surface area contributed by atoms with Crippen molar-refractivity contribution < 1.29 is 23.8 Å². The highest BCUT2D eigenvalue weighted by Crippen LogP contribution is 2.35. The maximum atomic E-state index is 12.1. The molecule has 392 valence electrons. The molecule has 24 heteroatoms. The maximum Gasteiger partial charge on any atom is 0.343 e. The van der Waals surface area contributed by atoms with E-state index in [1.54, 1.807) is 71.0 Å². The van der Waals surface area contributed by atoms with Crippen molar-refractivity contribution in [2.24, 2.45) is 7.05 Å². The van der Waals surface area contributed by atoms with Gasteiger partial charge in [-0.3, -0.25) is 14.8 Å². The summed E-state index contributed by atoms with van der Waals surface area (Å²) in [6.07, 6.45) is 3.52. The van der Waals surface area contributed by atoms with Crippen LogP contribution in [0.3, 0.4) is 0 Å². The number of aromatic nitrogens is 9. The minimum absolute atomic E-state index is 0.00711. The van der Waals surface area contributed by atoms with Crippen molar-refractivity contribution in [3.8, 4) is 34.9 Å². The Bertz CT molecular complexity index is 3010. The van der Waals surface area contributed by atoms with Gasteiger partial charge in [-0.1, -0.05) is 97.3 Å². The number of aromatic amines is 1. The molecule has 4 heterocycles. The van der Waals surface area contributed by atoms with Crippen molar-refractivity contribution in [2.45, 2.75) is 107 Å². The van der Waals surface area contributed by atoms with Gasteiger partial charge in [-0.05, 0) is 101 Å². The zero-order chi connectivity index (χ0) is 53.5. The summed E-state index contributed by atoms with van der Waals surface area (Å²) in [5.41, 5.74) is 9.66. The first-order valence-corrected chi connectivity index (χ1v) is 25.7. The molecule has 4 aromatic heterocycles. The zero-order valence-corrected chi connectivity index (χ0v) is 46.4. The van der Waals surface area contributed by atoms with Gasteiger partial charge in [-0.15, -0.1) is 0 Å². The van der Waals surface area contributed by atoms with E-state index < -0.39 is 11.9 Å². The number of carbonyl (C=O) groups is 2. The highest BCUT2D eigenvalue weighted by Gasteiger charge is 2.23. The van der Waals surface area contributed by atoms with Crippen LogP contribution < -0.4 is 36.1 Å². The SMILES string of the molecule is CCc1c(CC(=O)NNC(=O)NC)nn(CC)c1Oc1cc(Cl)cc(Cl)c1.CCc1c(Cc2n[nH]c(=O)n2C)nn(CC)c1Oc1cc(Cl)cc(Cl)c1.CCc1nn(CC)c(Oc2cc(Cl)cc(Cl)c2)c1CC. The highest BCUT2D eigenvalue weighted by molar-refractivity contribution is 6.35. The second-order valence-corrected chi connectivity index (χ2v) is 18.4. The number of carbonyl (C=O) groups excluding carboxylic acids is 2. The van der Waals surface area contributed by atoms with Crippen LogP contribution in [-0.2, 0) is 70.0 Å². The van der Waals surface area contributed by atoms with Crippen molar-refractivity contribution in [2.75, 3.05) is 7.05 Å². The van der Waals surface area contributed by atoms with Crippen LogP contribution in [0.5, 0.6) is 34.9 Å². The van der Waals surface area contributed by atoms with Crippen LogP contribution in [0.4, 0.5) is 4.79 Å². The van der Waals surface area contributed by atoms with Gasteiger partial charge in [0.25, 0.3) is 0 Å². The van der Waals surface area contributed by atoms with E-state index in [-0.39, 0.29) is 12.1 Å². The van der Waals surface area contributed by atoms with Gasteiger partial charge in [0.2, 0.25) is 23.5 Å². The molecule has 0 spiro atoms. The summed E-state index contributed by atoms with van der Waals surface area (Å²) in [7, 11) is 3.13. The van der Waals surface area contributed by atoms with Gasteiger partial charge in [0.05, 0.1) is 29.9 Å². The molecule has 18 nitrogen and oxygen atoms in total. The number of hydrogen-bond acceptors (Lipinski definition) is 10. The van der Waals surface area contributed by atoms with E-state index in [4.69, 9.17) is 83.8 Å². The van der Waals surface area contributed by atoms with E-state index in [1.165, 1.54) is 11.6 Å². The molecule has 0 unspecified atom stereocenters. The number of amides is 3. The number of nitrogens with one attached hydrogen (secondary N) is 4. The molecule has 3 aromatic carbocycles. The molecule has 0 aliphatic carbocycles. The average molecular weight is 1120 g/mol.